The van der Waals surface area contributed by atoms with Crippen LogP contribution in [-0.4, -0.2) is 43.9 Å². The van der Waals surface area contributed by atoms with Crippen molar-refractivity contribution < 1.29 is 23.8 Å². The predicted octanol–water partition coefficient (Wildman–Crippen LogP) is 4.21. The molecule has 2 aliphatic rings. The fourth-order valence-electron chi connectivity index (χ4n) is 4.98. The van der Waals surface area contributed by atoms with E-state index in [9.17, 15) is 9.59 Å². The highest BCUT2D eigenvalue weighted by Crippen LogP contribution is 2.47. The van der Waals surface area contributed by atoms with Crippen molar-refractivity contribution in [3.63, 3.8) is 0 Å². The quantitative estimate of drug-likeness (QED) is 0.425. The van der Waals surface area contributed by atoms with Crippen LogP contribution >= 0.6 is 0 Å². The number of carbonyl (C=O) groups is 2. The summed E-state index contributed by atoms with van der Waals surface area (Å²) in [5.41, 5.74) is 1.14. The van der Waals surface area contributed by atoms with E-state index in [-0.39, 0.29) is 11.1 Å². The third kappa shape index (κ3) is 3.56. The predicted molar refractivity (Wildman–Crippen MR) is 129 cm³/mol. The van der Waals surface area contributed by atoms with Gasteiger partial charge in [0.25, 0.3) is 0 Å². The Kier molecular flexibility index (Phi) is 5.67. The molecule has 5 rings (SSSR count). The van der Waals surface area contributed by atoms with Crippen molar-refractivity contribution in [2.75, 3.05) is 19.5 Å². The second kappa shape index (κ2) is 8.80. The molecular formula is C28H25NO5. The number of fused-ring (bicyclic) bond motifs is 3. The van der Waals surface area contributed by atoms with Crippen LogP contribution in [0.1, 0.15) is 5.56 Å². The first-order valence-corrected chi connectivity index (χ1v) is 11.1. The SMILES string of the molecule is COC(=O)C1=C(C(=O)OC)C2(C(Cc3cccc4ccccc34)Nc3ccccc3)C=CC1O2. The second-order valence-electron chi connectivity index (χ2n) is 8.37. The molecule has 172 valence electrons. The molecule has 0 fully saturated rings. The van der Waals surface area contributed by atoms with Crippen LogP contribution in [0.4, 0.5) is 5.69 Å². The molecular weight excluding hydrogens is 430 g/mol. The van der Waals surface area contributed by atoms with Crippen LogP contribution in [0.5, 0.6) is 0 Å². The number of nitrogens with one attached hydrogen (secondary N) is 1. The van der Waals surface area contributed by atoms with Crippen molar-refractivity contribution in [3.05, 3.63) is 102 Å². The Balaban J connectivity index is 1.65. The van der Waals surface area contributed by atoms with Crippen molar-refractivity contribution in [2.45, 2.75) is 24.2 Å². The van der Waals surface area contributed by atoms with Crippen molar-refractivity contribution in [1.82, 2.24) is 0 Å². The average Bonchev–Trinajstić information content (AvgIpc) is 3.46. The van der Waals surface area contributed by atoms with Crippen molar-refractivity contribution >= 4 is 28.4 Å². The lowest BCUT2D eigenvalue weighted by molar-refractivity contribution is -0.139. The number of ether oxygens (including phenoxy) is 3. The van der Waals surface area contributed by atoms with Gasteiger partial charge in [0, 0.05) is 5.69 Å². The third-order valence-corrected chi connectivity index (χ3v) is 6.52. The van der Waals surface area contributed by atoms with Crippen LogP contribution in [-0.2, 0) is 30.2 Å². The molecule has 0 spiro atoms. The summed E-state index contributed by atoms with van der Waals surface area (Å²) < 4.78 is 16.5. The Labute approximate surface area is 197 Å². The van der Waals surface area contributed by atoms with E-state index in [0.717, 1.165) is 22.0 Å². The summed E-state index contributed by atoms with van der Waals surface area (Å²) >= 11 is 0. The van der Waals surface area contributed by atoms with Gasteiger partial charge in [0.05, 0.1) is 31.4 Å². The number of methoxy groups -OCH3 is 2. The Hall–Kier alpha value is -3.90. The fraction of sp³-hybridized carbons (Fsp3) is 0.214. The standard InChI is InChI=1S/C28H25NO5/c1-32-26(30)24-22-15-16-28(34-22,25(24)27(31)33-2)23(29-20-12-4-3-5-13-20)17-19-11-8-10-18-9-6-7-14-21(18)19/h3-16,22-23,29H,17H2,1-2H3. The van der Waals surface area contributed by atoms with Crippen LogP contribution < -0.4 is 5.32 Å². The molecule has 0 amide bonds. The van der Waals surface area contributed by atoms with Gasteiger partial charge in [-0.25, -0.2) is 9.59 Å². The molecule has 0 saturated heterocycles. The zero-order chi connectivity index (χ0) is 23.7. The normalized spacial score (nSPS) is 21.5. The van der Waals surface area contributed by atoms with Crippen molar-refractivity contribution in [1.29, 1.82) is 0 Å². The molecule has 6 heteroatoms. The van der Waals surface area contributed by atoms with Crippen molar-refractivity contribution in [3.8, 4) is 0 Å². The van der Waals surface area contributed by atoms with Crippen LogP contribution in [0.2, 0.25) is 0 Å². The summed E-state index contributed by atoms with van der Waals surface area (Å²) in [5, 5.41) is 5.82. The van der Waals surface area contributed by atoms with E-state index in [2.05, 4.69) is 29.6 Å². The van der Waals surface area contributed by atoms with Gasteiger partial charge in [-0.1, -0.05) is 66.7 Å². The first-order valence-electron chi connectivity index (χ1n) is 11.1. The van der Waals surface area contributed by atoms with Gasteiger partial charge in [0.2, 0.25) is 0 Å². The van der Waals surface area contributed by atoms with Crippen LogP contribution in [0.15, 0.2) is 96.1 Å². The van der Waals surface area contributed by atoms with E-state index in [1.165, 1.54) is 14.2 Å². The smallest absolute Gasteiger partial charge is 0.337 e. The molecule has 0 radical (unpaired) electrons. The van der Waals surface area contributed by atoms with E-state index >= 15 is 0 Å². The molecule has 0 aromatic heterocycles. The number of esters is 2. The van der Waals surface area contributed by atoms with Gasteiger partial charge in [0.1, 0.15) is 11.7 Å². The summed E-state index contributed by atoms with van der Waals surface area (Å²) in [6, 6.07) is 23.7. The largest absolute Gasteiger partial charge is 0.466 e. The Bertz CT molecular complexity index is 1310. The Morgan fingerprint density at radius 1 is 0.941 bits per heavy atom. The van der Waals surface area contributed by atoms with Gasteiger partial charge in [-0.05, 0) is 41.0 Å². The first kappa shape index (κ1) is 21.9. The Morgan fingerprint density at radius 2 is 1.65 bits per heavy atom. The minimum atomic E-state index is -1.20. The maximum atomic E-state index is 13.0. The van der Waals surface area contributed by atoms with Crippen LogP contribution in [0.25, 0.3) is 10.8 Å². The average molecular weight is 456 g/mol. The number of hydrogen-bond donors (Lipinski definition) is 1. The highest BCUT2D eigenvalue weighted by atomic mass is 16.6. The Morgan fingerprint density at radius 3 is 2.41 bits per heavy atom. The molecule has 3 aromatic rings. The fourth-order valence-corrected chi connectivity index (χ4v) is 4.98. The maximum Gasteiger partial charge on any atom is 0.337 e. The van der Waals surface area contributed by atoms with E-state index < -0.39 is 29.7 Å². The molecule has 2 aliphatic heterocycles. The van der Waals surface area contributed by atoms with E-state index in [1.54, 1.807) is 0 Å². The molecule has 0 aliphatic carbocycles. The zero-order valence-corrected chi connectivity index (χ0v) is 19.0. The molecule has 2 bridgehead atoms. The lowest BCUT2D eigenvalue weighted by Crippen LogP contribution is -2.49. The molecule has 3 aromatic carbocycles. The van der Waals surface area contributed by atoms with E-state index in [0.29, 0.717) is 6.42 Å². The number of para-hydroxylation sites is 1. The van der Waals surface area contributed by atoms with Gasteiger partial charge in [-0.2, -0.15) is 0 Å². The second-order valence-corrected chi connectivity index (χ2v) is 8.37. The summed E-state index contributed by atoms with van der Waals surface area (Å²) in [4.78, 5) is 25.7. The van der Waals surface area contributed by atoms with Gasteiger partial charge in [-0.15, -0.1) is 0 Å². The first-order chi connectivity index (χ1) is 16.6. The number of carbonyl (C=O) groups excluding carboxylic acids is 2. The number of rotatable bonds is 7. The van der Waals surface area contributed by atoms with Gasteiger partial charge < -0.3 is 19.5 Å². The van der Waals surface area contributed by atoms with Gasteiger partial charge in [0.15, 0.2) is 0 Å². The summed E-state index contributed by atoms with van der Waals surface area (Å²) in [5.74, 6) is -1.20. The topological polar surface area (TPSA) is 73.9 Å². The van der Waals surface area contributed by atoms with Crippen LogP contribution in [0.3, 0.4) is 0 Å². The maximum absolute atomic E-state index is 13.0. The lowest BCUT2D eigenvalue weighted by atomic mass is 9.78. The highest BCUT2D eigenvalue weighted by Gasteiger charge is 2.58. The minimum absolute atomic E-state index is 0.183. The van der Waals surface area contributed by atoms with Crippen LogP contribution in [0, 0.1) is 0 Å². The van der Waals surface area contributed by atoms with Crippen molar-refractivity contribution in [2.24, 2.45) is 0 Å². The number of hydrogen-bond acceptors (Lipinski definition) is 6. The molecule has 34 heavy (non-hydrogen) atoms. The van der Waals surface area contributed by atoms with Gasteiger partial charge in [-0.3, -0.25) is 0 Å². The number of anilines is 1. The summed E-state index contributed by atoms with van der Waals surface area (Å²) in [6.07, 6.45) is 3.53. The molecule has 3 atom stereocenters. The molecule has 6 nitrogen and oxygen atoms in total. The molecule has 1 N–H and O–H groups in total. The number of benzene rings is 3. The third-order valence-electron chi connectivity index (χ3n) is 6.52. The zero-order valence-electron chi connectivity index (χ0n) is 19.0. The van der Waals surface area contributed by atoms with E-state index in [1.807, 2.05) is 60.7 Å². The minimum Gasteiger partial charge on any atom is -0.466 e. The van der Waals surface area contributed by atoms with E-state index in [4.69, 9.17) is 14.2 Å². The monoisotopic (exact) mass is 455 g/mol. The summed E-state index contributed by atoms with van der Waals surface area (Å²) in [6.45, 7) is 0. The molecule has 2 heterocycles. The van der Waals surface area contributed by atoms with Gasteiger partial charge >= 0.3 is 11.9 Å². The highest BCUT2D eigenvalue weighted by molar-refractivity contribution is 6.05. The molecule has 3 unspecified atom stereocenters. The molecule has 0 saturated carbocycles. The lowest BCUT2D eigenvalue weighted by Gasteiger charge is -2.36. The summed E-state index contributed by atoms with van der Waals surface area (Å²) in [7, 11) is 2.60.